The number of anilines is 2. The molecule has 1 aromatic heterocycles. The van der Waals surface area contributed by atoms with Crippen LogP contribution in [-0.4, -0.2) is 17.1 Å². The number of fused-ring (bicyclic) bond motifs is 2. The largest absolute Gasteiger partial charge is 0.334 e. The number of amides is 1. The van der Waals surface area contributed by atoms with E-state index in [1.165, 1.54) is 22.5 Å². The van der Waals surface area contributed by atoms with Gasteiger partial charge in [0, 0.05) is 16.9 Å². The molecule has 0 radical (unpaired) electrons. The zero-order valence-electron chi connectivity index (χ0n) is 16.4. The molecule has 2 aromatic carbocycles. The number of carbonyl (C=O) groups is 1. The number of hydrogen-bond donors (Lipinski definition) is 1. The molecule has 5 rings (SSSR count). The Morgan fingerprint density at radius 1 is 1.00 bits per heavy atom. The molecule has 0 fully saturated rings. The van der Waals surface area contributed by atoms with E-state index in [4.69, 9.17) is 0 Å². The lowest BCUT2D eigenvalue weighted by atomic mass is 10.1. The maximum absolute atomic E-state index is 13.2. The van der Waals surface area contributed by atoms with Crippen molar-refractivity contribution in [3.05, 3.63) is 78.3 Å². The van der Waals surface area contributed by atoms with E-state index in [0.717, 1.165) is 22.5 Å². The Kier molecular flexibility index (Phi) is 3.96. The summed E-state index contributed by atoms with van der Waals surface area (Å²) in [5, 5.41) is 2.87. The average Bonchev–Trinajstić information content (AvgIpc) is 3.16. The van der Waals surface area contributed by atoms with Gasteiger partial charge in [-0.1, -0.05) is 29.0 Å². The topological polar surface area (TPSA) is 66.7 Å². The van der Waals surface area contributed by atoms with Crippen LogP contribution >= 0.6 is 11.3 Å². The molecule has 0 saturated carbocycles. The van der Waals surface area contributed by atoms with Crippen LogP contribution in [0.25, 0.3) is 5.57 Å². The van der Waals surface area contributed by atoms with Gasteiger partial charge < -0.3 is 10.2 Å². The van der Waals surface area contributed by atoms with Crippen LogP contribution in [0.4, 0.5) is 11.4 Å². The van der Waals surface area contributed by atoms with E-state index in [1.54, 1.807) is 4.57 Å². The molecule has 0 atom stereocenters. The van der Waals surface area contributed by atoms with Gasteiger partial charge in [0.1, 0.15) is 17.9 Å². The van der Waals surface area contributed by atoms with E-state index in [9.17, 15) is 9.59 Å². The molecular formula is C22H20N4O2S. The second-order valence-electron chi connectivity index (χ2n) is 7.65. The predicted octanol–water partition coefficient (Wildman–Crippen LogP) is 2.04. The summed E-state index contributed by atoms with van der Waals surface area (Å²) in [6.45, 7) is 7.01. The Balaban J connectivity index is 1.65. The first-order valence-electron chi connectivity index (χ1n) is 9.45. The van der Waals surface area contributed by atoms with Crippen molar-refractivity contribution in [3.63, 3.8) is 0 Å². The zero-order chi connectivity index (χ0) is 20.3. The van der Waals surface area contributed by atoms with Gasteiger partial charge in [-0.2, -0.15) is 0 Å². The third-order valence-electron chi connectivity index (χ3n) is 5.27. The van der Waals surface area contributed by atoms with Gasteiger partial charge in [0.2, 0.25) is 0 Å². The van der Waals surface area contributed by atoms with E-state index >= 15 is 0 Å². The normalized spacial score (nSPS) is 16.9. The number of rotatable bonds is 1. The second-order valence-corrected chi connectivity index (χ2v) is 8.63. The number of thiazole rings is 1. The Bertz CT molecular complexity index is 1350. The summed E-state index contributed by atoms with van der Waals surface area (Å²) in [6, 6.07) is 12.1. The summed E-state index contributed by atoms with van der Waals surface area (Å²) < 4.78 is 2.11. The molecule has 6 nitrogen and oxygen atoms in total. The molecule has 1 N–H and O–H groups in total. The maximum atomic E-state index is 13.2. The molecular weight excluding hydrogens is 384 g/mol. The number of carbonyl (C=O) groups excluding carboxylic acids is 1. The fourth-order valence-corrected chi connectivity index (χ4v) is 5.02. The van der Waals surface area contributed by atoms with Gasteiger partial charge in [-0.3, -0.25) is 14.2 Å². The molecule has 0 aliphatic carbocycles. The molecule has 146 valence electrons. The van der Waals surface area contributed by atoms with Gasteiger partial charge >= 0.3 is 0 Å². The minimum absolute atomic E-state index is 0.165. The molecule has 7 heteroatoms. The lowest BCUT2D eigenvalue weighted by Gasteiger charge is -2.26. The van der Waals surface area contributed by atoms with Crippen molar-refractivity contribution in [2.45, 2.75) is 27.4 Å². The van der Waals surface area contributed by atoms with Crippen molar-refractivity contribution in [3.8, 4) is 0 Å². The van der Waals surface area contributed by atoms with E-state index < -0.39 is 0 Å². The highest BCUT2D eigenvalue weighted by Crippen LogP contribution is 2.30. The van der Waals surface area contributed by atoms with Crippen LogP contribution < -0.4 is 25.1 Å². The molecule has 2 aliphatic rings. The molecule has 0 bridgehead atoms. The maximum Gasteiger partial charge on any atom is 0.272 e. The number of nitrogens with one attached hydrogen (secondary N) is 1. The highest BCUT2D eigenvalue weighted by Gasteiger charge is 2.28. The SMILES string of the molecule is Cc1cc(C)cc(N2CN=c3s/c(=C4\C(=O)Nc5ccc(C)cc54)c(=O)n3C2)c1. The van der Waals surface area contributed by atoms with Gasteiger partial charge in [-0.15, -0.1) is 0 Å². The summed E-state index contributed by atoms with van der Waals surface area (Å²) in [6.07, 6.45) is 0. The Morgan fingerprint density at radius 3 is 2.52 bits per heavy atom. The Labute approximate surface area is 171 Å². The quantitative estimate of drug-likeness (QED) is 0.675. The van der Waals surface area contributed by atoms with E-state index in [-0.39, 0.29) is 11.5 Å². The highest BCUT2D eigenvalue weighted by atomic mass is 32.1. The number of hydrogen-bond acceptors (Lipinski definition) is 5. The lowest BCUT2D eigenvalue weighted by molar-refractivity contribution is -0.110. The van der Waals surface area contributed by atoms with Crippen molar-refractivity contribution in [2.24, 2.45) is 4.99 Å². The van der Waals surface area contributed by atoms with Crippen LogP contribution in [0.15, 0.2) is 46.2 Å². The molecule has 0 spiro atoms. The smallest absolute Gasteiger partial charge is 0.272 e. The first-order chi connectivity index (χ1) is 13.9. The van der Waals surface area contributed by atoms with Crippen LogP contribution in [0.3, 0.4) is 0 Å². The first kappa shape index (κ1) is 17.9. The molecule has 2 aliphatic heterocycles. The molecule has 0 saturated heterocycles. The van der Waals surface area contributed by atoms with Crippen molar-refractivity contribution < 1.29 is 4.79 Å². The highest BCUT2D eigenvalue weighted by molar-refractivity contribution is 7.07. The van der Waals surface area contributed by atoms with Gasteiger partial charge in [-0.25, -0.2) is 4.99 Å². The van der Waals surface area contributed by atoms with Gasteiger partial charge in [0.15, 0.2) is 4.80 Å². The number of nitrogens with zero attached hydrogens (tertiary/aromatic N) is 3. The van der Waals surface area contributed by atoms with Crippen LogP contribution in [-0.2, 0) is 11.5 Å². The van der Waals surface area contributed by atoms with E-state index in [1.807, 2.05) is 25.1 Å². The summed E-state index contributed by atoms with van der Waals surface area (Å²) in [4.78, 5) is 33.2. The summed E-state index contributed by atoms with van der Waals surface area (Å²) >= 11 is 1.30. The zero-order valence-corrected chi connectivity index (χ0v) is 17.3. The standard InChI is InChI=1S/C22H20N4O2S/c1-12-4-5-17-16(9-12)18(20(27)24-17)19-21(28)26-11-25(10-23-22(26)29-19)15-7-13(2)6-14(3)8-15/h4-9H,10-11H2,1-3H3,(H,24,27)/b19-18-. The molecule has 3 heterocycles. The third kappa shape index (κ3) is 2.89. The Hall–Kier alpha value is -3.19. The number of aryl methyl sites for hydroxylation is 3. The summed E-state index contributed by atoms with van der Waals surface area (Å²) in [5.41, 5.74) is 6.27. The van der Waals surface area contributed by atoms with Crippen molar-refractivity contribution in [2.75, 3.05) is 16.9 Å². The molecule has 0 unspecified atom stereocenters. The molecule has 29 heavy (non-hydrogen) atoms. The predicted molar refractivity (Wildman–Crippen MR) is 115 cm³/mol. The van der Waals surface area contributed by atoms with Crippen LogP contribution in [0.2, 0.25) is 0 Å². The number of benzene rings is 2. The van der Waals surface area contributed by atoms with Gasteiger partial charge in [0.05, 0.1) is 5.57 Å². The summed E-state index contributed by atoms with van der Waals surface area (Å²) in [7, 11) is 0. The third-order valence-corrected chi connectivity index (χ3v) is 6.39. The van der Waals surface area contributed by atoms with Crippen LogP contribution in [0.5, 0.6) is 0 Å². The first-order valence-corrected chi connectivity index (χ1v) is 10.3. The minimum Gasteiger partial charge on any atom is -0.334 e. The van der Waals surface area contributed by atoms with Gasteiger partial charge in [-0.05, 0) is 56.2 Å². The number of aromatic nitrogens is 1. The van der Waals surface area contributed by atoms with Crippen LogP contribution in [0, 0.1) is 20.8 Å². The minimum atomic E-state index is -0.229. The van der Waals surface area contributed by atoms with Gasteiger partial charge in [0.25, 0.3) is 11.5 Å². The fraction of sp³-hybridized carbons (Fsp3) is 0.227. The van der Waals surface area contributed by atoms with Crippen molar-refractivity contribution >= 4 is 34.2 Å². The Morgan fingerprint density at radius 2 is 1.76 bits per heavy atom. The average molecular weight is 404 g/mol. The second kappa shape index (κ2) is 6.42. The van der Waals surface area contributed by atoms with E-state index in [0.29, 0.717) is 28.2 Å². The monoisotopic (exact) mass is 404 g/mol. The molecule has 1 amide bonds. The van der Waals surface area contributed by atoms with E-state index in [2.05, 4.69) is 47.3 Å². The van der Waals surface area contributed by atoms with Crippen molar-refractivity contribution in [1.82, 2.24) is 4.57 Å². The summed E-state index contributed by atoms with van der Waals surface area (Å²) in [5.74, 6) is -0.229. The fourth-order valence-electron chi connectivity index (χ4n) is 3.96. The lowest BCUT2D eigenvalue weighted by Crippen LogP contribution is -2.43. The molecule has 3 aromatic rings. The van der Waals surface area contributed by atoms with Crippen molar-refractivity contribution in [1.29, 1.82) is 0 Å². The van der Waals surface area contributed by atoms with Crippen LogP contribution in [0.1, 0.15) is 22.3 Å².